The molecule has 0 radical (unpaired) electrons. The van der Waals surface area contributed by atoms with E-state index in [0.29, 0.717) is 4.90 Å². The van der Waals surface area contributed by atoms with Crippen LogP contribution >= 0.6 is 0 Å². The van der Waals surface area contributed by atoms with Gasteiger partial charge in [0.1, 0.15) is 6.29 Å². The lowest BCUT2D eigenvalue weighted by molar-refractivity contribution is -0.210. The van der Waals surface area contributed by atoms with E-state index in [1.54, 1.807) is 0 Å². The van der Waals surface area contributed by atoms with Gasteiger partial charge in [0.05, 0.1) is 0 Å². The molecule has 2 N–H and O–H groups in total. The Bertz CT molecular complexity index is 157. The second-order valence-electron chi connectivity index (χ2n) is 2.65. The third kappa shape index (κ3) is 6.92. The van der Waals surface area contributed by atoms with Crippen LogP contribution < -0.4 is 10.6 Å². The Morgan fingerprint density at radius 2 is 1.14 bits per heavy atom. The van der Waals surface area contributed by atoms with Crippen molar-refractivity contribution >= 4 is 0 Å². The lowest BCUT2D eigenvalue weighted by Gasteiger charge is -2.28. The number of rotatable bonds is 3. The highest BCUT2D eigenvalue weighted by Crippen LogP contribution is 2.15. The Kier molecular flexibility index (Phi) is 4.15. The molecule has 0 rings (SSSR count). The van der Waals surface area contributed by atoms with Crippen LogP contribution in [0.15, 0.2) is 0 Å². The van der Waals surface area contributed by atoms with Crippen molar-refractivity contribution in [2.45, 2.75) is 18.9 Å². The summed E-state index contributed by atoms with van der Waals surface area (Å²) in [7, 11) is 2.14. The van der Waals surface area contributed by atoms with Crippen molar-refractivity contribution in [1.82, 2.24) is 15.5 Å². The molecule has 0 saturated heterocycles. The summed E-state index contributed by atoms with van der Waals surface area (Å²) >= 11 is 0. The first kappa shape index (κ1) is 13.5. The number of alkyl halides is 6. The minimum absolute atomic E-state index is 0.709. The second kappa shape index (κ2) is 4.32. The largest absolute Gasteiger partial charge is 0.459 e. The van der Waals surface area contributed by atoms with Crippen LogP contribution in [0.25, 0.3) is 0 Å². The molecule has 0 heterocycles. The second-order valence-corrected chi connectivity index (χ2v) is 2.65. The summed E-state index contributed by atoms with van der Waals surface area (Å²) in [5.41, 5.74) is 0. The Labute approximate surface area is 76.1 Å². The van der Waals surface area contributed by atoms with Crippen molar-refractivity contribution in [3.63, 3.8) is 0 Å². The van der Waals surface area contributed by atoms with E-state index in [1.165, 1.54) is 0 Å². The molecule has 0 saturated carbocycles. The molecule has 9 heteroatoms. The highest BCUT2D eigenvalue weighted by atomic mass is 19.4. The molecule has 0 atom stereocenters. The lowest BCUT2D eigenvalue weighted by atomic mass is 10.6. The van der Waals surface area contributed by atoms with Crippen LogP contribution in [-0.4, -0.2) is 37.9 Å². The Balaban J connectivity index is 4.32. The van der Waals surface area contributed by atoms with E-state index in [2.05, 4.69) is 0 Å². The summed E-state index contributed by atoms with van der Waals surface area (Å²) in [6.45, 7) is 0. The van der Waals surface area contributed by atoms with Crippen LogP contribution in [0.1, 0.15) is 0 Å². The monoisotopic (exact) mass is 225 g/mol. The van der Waals surface area contributed by atoms with E-state index in [9.17, 15) is 26.3 Å². The average Bonchev–Trinajstić information content (AvgIpc) is 1.78. The van der Waals surface area contributed by atoms with E-state index in [-0.39, 0.29) is 0 Å². The van der Waals surface area contributed by atoms with Gasteiger partial charge in [-0.25, -0.2) is 0 Å². The highest BCUT2D eigenvalue weighted by molar-refractivity contribution is 4.64. The van der Waals surface area contributed by atoms with E-state index in [4.69, 9.17) is 0 Å². The molecule has 86 valence electrons. The van der Waals surface area contributed by atoms with Crippen molar-refractivity contribution in [2.75, 3.05) is 14.1 Å². The normalized spacial score (nSPS) is 14.1. The molecule has 0 aromatic carbocycles. The minimum atomic E-state index is -4.88. The molecule has 0 bridgehead atoms. The third-order valence-electron chi connectivity index (χ3n) is 1.12. The van der Waals surface area contributed by atoms with E-state index in [1.807, 2.05) is 0 Å². The quantitative estimate of drug-likeness (QED) is 0.427. The molecule has 14 heavy (non-hydrogen) atoms. The zero-order chi connectivity index (χ0) is 11.6. The first-order valence-corrected chi connectivity index (χ1v) is 3.36. The van der Waals surface area contributed by atoms with Crippen molar-refractivity contribution in [1.29, 1.82) is 0 Å². The molecule has 0 amide bonds. The number of halogens is 6. The predicted octanol–water partition coefficient (Wildman–Crippen LogP) is 1.05. The molecule has 0 spiro atoms. The topological polar surface area (TPSA) is 27.3 Å². The Morgan fingerprint density at radius 1 is 0.857 bits per heavy atom. The summed E-state index contributed by atoms with van der Waals surface area (Å²) in [5, 5.41) is 1.61. The molecular formula is C5H9F6N3. The fourth-order valence-electron chi connectivity index (χ4n) is 0.604. The van der Waals surface area contributed by atoms with Crippen LogP contribution in [-0.2, 0) is 0 Å². The third-order valence-corrected chi connectivity index (χ3v) is 1.12. The first-order valence-electron chi connectivity index (χ1n) is 3.36. The molecule has 0 unspecified atom stereocenters. The van der Waals surface area contributed by atoms with Crippen LogP contribution in [0.3, 0.4) is 0 Å². The van der Waals surface area contributed by atoms with Gasteiger partial charge in [-0.15, -0.1) is 0 Å². The maximum atomic E-state index is 11.7. The summed E-state index contributed by atoms with van der Waals surface area (Å²) in [4.78, 5) is 0.709. The highest BCUT2D eigenvalue weighted by Gasteiger charge is 2.38. The van der Waals surface area contributed by atoms with Gasteiger partial charge >= 0.3 is 12.6 Å². The molecule has 0 aromatic rings. The van der Waals surface area contributed by atoms with Gasteiger partial charge in [-0.3, -0.25) is 4.90 Å². The molecule has 0 aromatic heterocycles. The molecule has 0 aliphatic heterocycles. The minimum Gasteiger partial charge on any atom is -0.282 e. The van der Waals surface area contributed by atoms with Crippen molar-refractivity contribution in [3.05, 3.63) is 0 Å². The summed E-state index contributed by atoms with van der Waals surface area (Å²) < 4.78 is 70.2. The number of hydrogen-bond acceptors (Lipinski definition) is 3. The van der Waals surface area contributed by atoms with Crippen LogP contribution in [0, 0.1) is 0 Å². The van der Waals surface area contributed by atoms with Crippen molar-refractivity contribution in [3.8, 4) is 0 Å². The fraction of sp³-hybridized carbons (Fsp3) is 1.00. The van der Waals surface area contributed by atoms with Gasteiger partial charge in [-0.05, 0) is 14.1 Å². The number of nitrogens with one attached hydrogen (secondary N) is 2. The number of nitrogens with zero attached hydrogens (tertiary/aromatic N) is 1. The van der Waals surface area contributed by atoms with Crippen molar-refractivity contribution < 1.29 is 26.3 Å². The number of hydrogen-bond donors (Lipinski definition) is 2. The SMILES string of the molecule is CN(C)C(NC(F)(F)F)NC(F)(F)F. The first-order chi connectivity index (χ1) is 6.01. The van der Waals surface area contributed by atoms with Gasteiger partial charge in [0.2, 0.25) is 0 Å². The maximum Gasteiger partial charge on any atom is 0.459 e. The molecule has 0 fully saturated rings. The molecule has 0 aliphatic rings. The van der Waals surface area contributed by atoms with E-state index >= 15 is 0 Å². The van der Waals surface area contributed by atoms with Gasteiger partial charge in [-0.1, -0.05) is 0 Å². The summed E-state index contributed by atoms with van der Waals surface area (Å²) in [6.07, 6.45) is -11.8. The van der Waals surface area contributed by atoms with Crippen LogP contribution in [0.2, 0.25) is 0 Å². The predicted molar refractivity (Wildman–Crippen MR) is 35.9 cm³/mol. The molecular weight excluding hydrogens is 216 g/mol. The zero-order valence-electron chi connectivity index (χ0n) is 7.29. The van der Waals surface area contributed by atoms with Gasteiger partial charge in [0.25, 0.3) is 0 Å². The average molecular weight is 225 g/mol. The zero-order valence-corrected chi connectivity index (χ0v) is 7.29. The standard InChI is InChI=1S/C5H9F6N3/c1-14(2)3(12-4(6,7)8)13-5(9,10)11/h3,12-13H,1-2H3. The van der Waals surface area contributed by atoms with Crippen LogP contribution in [0.5, 0.6) is 0 Å². The molecule has 0 aliphatic carbocycles. The maximum absolute atomic E-state index is 11.7. The van der Waals surface area contributed by atoms with Crippen LogP contribution in [0.4, 0.5) is 26.3 Å². The van der Waals surface area contributed by atoms with Gasteiger partial charge in [-0.2, -0.15) is 37.0 Å². The summed E-state index contributed by atoms with van der Waals surface area (Å²) in [6, 6.07) is 0. The molecule has 3 nitrogen and oxygen atoms in total. The van der Waals surface area contributed by atoms with Crippen molar-refractivity contribution in [2.24, 2.45) is 0 Å². The Hall–Kier alpha value is -0.540. The lowest BCUT2D eigenvalue weighted by Crippen LogP contribution is -2.60. The smallest absolute Gasteiger partial charge is 0.282 e. The fourth-order valence-corrected chi connectivity index (χ4v) is 0.604. The van der Waals surface area contributed by atoms with E-state index in [0.717, 1.165) is 24.7 Å². The van der Waals surface area contributed by atoms with Gasteiger partial charge in [0, 0.05) is 0 Å². The van der Waals surface area contributed by atoms with E-state index < -0.39 is 18.9 Å². The van der Waals surface area contributed by atoms with Gasteiger partial charge in [0.15, 0.2) is 0 Å². The summed E-state index contributed by atoms with van der Waals surface area (Å²) in [5.74, 6) is 0. The Morgan fingerprint density at radius 3 is 1.29 bits per heavy atom. The van der Waals surface area contributed by atoms with Gasteiger partial charge < -0.3 is 0 Å².